The van der Waals surface area contributed by atoms with Crippen LogP contribution in [0, 0.1) is 5.82 Å². The van der Waals surface area contributed by atoms with E-state index in [-0.39, 0.29) is 16.4 Å². The van der Waals surface area contributed by atoms with E-state index in [1.165, 1.54) is 24.3 Å². The Bertz CT molecular complexity index is 719. The largest absolute Gasteiger partial charge is 0.409 e. The molecule has 2 aromatic rings. The first-order valence-electron chi connectivity index (χ1n) is 5.86. The van der Waals surface area contributed by atoms with E-state index in [2.05, 4.69) is 10.5 Å². The molecule has 4 N–H and O–H groups in total. The fraction of sp³-hybridized carbons (Fsp3) is 0. The summed E-state index contributed by atoms with van der Waals surface area (Å²) in [6.07, 6.45) is 0. The van der Waals surface area contributed by atoms with Crippen LogP contribution in [-0.4, -0.2) is 17.0 Å². The van der Waals surface area contributed by atoms with Crippen molar-refractivity contribution in [2.45, 2.75) is 0 Å². The number of rotatable bonds is 3. The van der Waals surface area contributed by atoms with Gasteiger partial charge in [-0.15, -0.1) is 0 Å². The van der Waals surface area contributed by atoms with Crippen molar-refractivity contribution in [1.82, 2.24) is 0 Å². The first kappa shape index (κ1) is 14.8. The molecular formula is C14H11ClFN3O2. The monoisotopic (exact) mass is 307 g/mol. The number of benzene rings is 2. The number of hydrogen-bond donors (Lipinski definition) is 3. The second kappa shape index (κ2) is 6.23. The van der Waals surface area contributed by atoms with Gasteiger partial charge in [0, 0.05) is 11.3 Å². The zero-order valence-electron chi connectivity index (χ0n) is 10.7. The van der Waals surface area contributed by atoms with Gasteiger partial charge in [-0.05, 0) is 24.3 Å². The van der Waals surface area contributed by atoms with Crippen molar-refractivity contribution < 1.29 is 14.4 Å². The summed E-state index contributed by atoms with van der Waals surface area (Å²) >= 11 is 5.63. The lowest BCUT2D eigenvalue weighted by Crippen LogP contribution is -2.16. The maximum Gasteiger partial charge on any atom is 0.258 e. The van der Waals surface area contributed by atoms with Crippen molar-refractivity contribution in [1.29, 1.82) is 0 Å². The minimum Gasteiger partial charge on any atom is -0.409 e. The molecule has 7 heteroatoms. The Balaban J connectivity index is 2.26. The van der Waals surface area contributed by atoms with E-state index in [0.29, 0.717) is 11.3 Å². The van der Waals surface area contributed by atoms with Crippen LogP contribution in [0.25, 0.3) is 0 Å². The van der Waals surface area contributed by atoms with Gasteiger partial charge in [0.2, 0.25) is 0 Å². The standard InChI is InChI=1S/C14H11ClFN3O2/c15-11-6-2-5-10(12(11)16)14(20)18-9-4-1-3-8(7-9)13(17)19-21/h1-7,21H,(H2,17,19)(H,18,20). The SMILES string of the molecule is N/C(=N/O)c1cccc(NC(=O)c2cccc(Cl)c2F)c1. The lowest BCUT2D eigenvalue weighted by molar-refractivity contribution is 0.102. The molecule has 2 rings (SSSR count). The van der Waals surface area contributed by atoms with Gasteiger partial charge < -0.3 is 16.3 Å². The Morgan fingerprint density at radius 3 is 2.71 bits per heavy atom. The molecule has 5 nitrogen and oxygen atoms in total. The summed E-state index contributed by atoms with van der Waals surface area (Å²) in [7, 11) is 0. The van der Waals surface area contributed by atoms with Crippen LogP contribution in [0.15, 0.2) is 47.6 Å². The average molecular weight is 308 g/mol. The summed E-state index contributed by atoms with van der Waals surface area (Å²) in [5, 5.41) is 13.9. The number of carbonyl (C=O) groups is 1. The van der Waals surface area contributed by atoms with Crippen LogP contribution in [0.5, 0.6) is 0 Å². The third-order valence-electron chi connectivity index (χ3n) is 2.72. The van der Waals surface area contributed by atoms with E-state index in [9.17, 15) is 9.18 Å². The Labute approximate surface area is 124 Å². The van der Waals surface area contributed by atoms with Gasteiger partial charge in [-0.1, -0.05) is 35.0 Å². The Morgan fingerprint density at radius 1 is 1.29 bits per heavy atom. The van der Waals surface area contributed by atoms with Crippen molar-refractivity contribution in [3.63, 3.8) is 0 Å². The summed E-state index contributed by atoms with van der Waals surface area (Å²) in [4.78, 5) is 12.0. The van der Waals surface area contributed by atoms with Gasteiger partial charge in [0.25, 0.3) is 5.91 Å². The maximum absolute atomic E-state index is 13.8. The highest BCUT2D eigenvalue weighted by molar-refractivity contribution is 6.31. The predicted octanol–water partition coefficient (Wildman–Crippen LogP) is 2.83. The van der Waals surface area contributed by atoms with Crippen LogP contribution >= 0.6 is 11.6 Å². The summed E-state index contributed by atoms with van der Waals surface area (Å²) in [5.74, 6) is -1.53. The van der Waals surface area contributed by atoms with E-state index in [1.807, 2.05) is 0 Å². The number of carbonyl (C=O) groups excluding carboxylic acids is 1. The molecule has 1 amide bonds. The molecule has 0 fully saturated rings. The number of amides is 1. The molecule has 108 valence electrons. The van der Waals surface area contributed by atoms with Crippen LogP contribution in [0.2, 0.25) is 5.02 Å². The molecule has 0 aliphatic carbocycles. The lowest BCUT2D eigenvalue weighted by Gasteiger charge is -2.08. The van der Waals surface area contributed by atoms with E-state index in [4.69, 9.17) is 22.5 Å². The van der Waals surface area contributed by atoms with E-state index in [1.54, 1.807) is 18.2 Å². The Morgan fingerprint density at radius 2 is 2.00 bits per heavy atom. The quantitative estimate of drug-likeness (QED) is 0.352. The molecule has 0 unspecified atom stereocenters. The second-order valence-corrected chi connectivity index (χ2v) is 4.53. The van der Waals surface area contributed by atoms with Crippen molar-refractivity contribution in [3.05, 3.63) is 64.4 Å². The van der Waals surface area contributed by atoms with Gasteiger partial charge in [-0.2, -0.15) is 0 Å². The van der Waals surface area contributed by atoms with Crippen LogP contribution in [0.1, 0.15) is 15.9 Å². The number of nitrogens with two attached hydrogens (primary N) is 1. The topological polar surface area (TPSA) is 87.7 Å². The molecule has 0 aromatic heterocycles. The summed E-state index contributed by atoms with van der Waals surface area (Å²) < 4.78 is 13.8. The molecule has 0 radical (unpaired) electrons. The van der Waals surface area contributed by atoms with E-state index >= 15 is 0 Å². The molecule has 0 atom stereocenters. The average Bonchev–Trinajstić information content (AvgIpc) is 2.49. The second-order valence-electron chi connectivity index (χ2n) is 4.12. The van der Waals surface area contributed by atoms with Crippen molar-refractivity contribution in [2.24, 2.45) is 10.9 Å². The van der Waals surface area contributed by atoms with Gasteiger partial charge in [-0.3, -0.25) is 4.79 Å². The molecular weight excluding hydrogens is 297 g/mol. The summed E-state index contributed by atoms with van der Waals surface area (Å²) in [6.45, 7) is 0. The number of oxime groups is 1. The highest BCUT2D eigenvalue weighted by atomic mass is 35.5. The molecule has 0 aliphatic rings. The molecule has 0 bridgehead atoms. The summed E-state index contributed by atoms with van der Waals surface area (Å²) in [6, 6.07) is 10.5. The predicted molar refractivity (Wildman–Crippen MR) is 78.3 cm³/mol. The number of anilines is 1. The first-order valence-corrected chi connectivity index (χ1v) is 6.24. The fourth-order valence-corrected chi connectivity index (χ4v) is 1.87. The fourth-order valence-electron chi connectivity index (χ4n) is 1.69. The minimum atomic E-state index is -0.788. The first-order chi connectivity index (χ1) is 10.0. The van der Waals surface area contributed by atoms with Gasteiger partial charge >= 0.3 is 0 Å². The van der Waals surface area contributed by atoms with E-state index in [0.717, 1.165) is 0 Å². The molecule has 0 spiro atoms. The molecule has 0 saturated carbocycles. The number of amidine groups is 1. The third-order valence-corrected chi connectivity index (χ3v) is 3.01. The van der Waals surface area contributed by atoms with Gasteiger partial charge in [0.15, 0.2) is 11.7 Å². The zero-order chi connectivity index (χ0) is 15.4. The van der Waals surface area contributed by atoms with Gasteiger partial charge in [0.05, 0.1) is 10.6 Å². The third kappa shape index (κ3) is 3.29. The molecule has 0 saturated heterocycles. The lowest BCUT2D eigenvalue weighted by atomic mass is 10.1. The highest BCUT2D eigenvalue weighted by Crippen LogP contribution is 2.19. The number of hydrogen-bond acceptors (Lipinski definition) is 3. The Kier molecular flexibility index (Phi) is 4.39. The molecule has 0 aliphatic heterocycles. The molecule has 0 heterocycles. The number of nitrogens with one attached hydrogen (secondary N) is 1. The highest BCUT2D eigenvalue weighted by Gasteiger charge is 2.14. The van der Waals surface area contributed by atoms with Crippen molar-refractivity contribution in [2.75, 3.05) is 5.32 Å². The van der Waals surface area contributed by atoms with Crippen LogP contribution in [-0.2, 0) is 0 Å². The summed E-state index contributed by atoms with van der Waals surface area (Å²) in [5.41, 5.74) is 6.09. The van der Waals surface area contributed by atoms with Crippen LogP contribution in [0.4, 0.5) is 10.1 Å². The minimum absolute atomic E-state index is 0.0972. The van der Waals surface area contributed by atoms with Crippen molar-refractivity contribution in [3.8, 4) is 0 Å². The molecule has 21 heavy (non-hydrogen) atoms. The zero-order valence-corrected chi connectivity index (χ0v) is 11.4. The van der Waals surface area contributed by atoms with Gasteiger partial charge in [0.1, 0.15) is 0 Å². The van der Waals surface area contributed by atoms with Crippen molar-refractivity contribution >= 4 is 29.0 Å². The smallest absolute Gasteiger partial charge is 0.258 e. The van der Waals surface area contributed by atoms with Crippen LogP contribution < -0.4 is 11.1 Å². The van der Waals surface area contributed by atoms with Crippen LogP contribution in [0.3, 0.4) is 0 Å². The normalized spacial score (nSPS) is 11.2. The Hall–Kier alpha value is -2.60. The maximum atomic E-state index is 13.8. The van der Waals surface area contributed by atoms with Gasteiger partial charge in [-0.25, -0.2) is 4.39 Å². The van der Waals surface area contributed by atoms with E-state index < -0.39 is 11.7 Å². The number of nitrogens with zero attached hydrogens (tertiary/aromatic N) is 1. The number of halogens is 2. The molecule has 2 aromatic carbocycles.